The van der Waals surface area contributed by atoms with Crippen LogP contribution in [0.1, 0.15) is 36.0 Å². The van der Waals surface area contributed by atoms with Crippen molar-refractivity contribution in [2.45, 2.75) is 25.7 Å². The van der Waals surface area contributed by atoms with Crippen LogP contribution in [-0.4, -0.2) is 17.0 Å². The highest BCUT2D eigenvalue weighted by Gasteiger charge is 2.21. The van der Waals surface area contributed by atoms with E-state index in [-0.39, 0.29) is 16.5 Å². The smallest absolute Gasteiger partial charge is 0.335 e. The highest BCUT2D eigenvalue weighted by molar-refractivity contribution is 6.34. The molecule has 1 aromatic rings. The molecule has 0 radical (unpaired) electrons. The lowest BCUT2D eigenvalue weighted by atomic mass is 9.83. The first-order valence-electron chi connectivity index (χ1n) is 5.89. The number of amides is 1. The topological polar surface area (TPSA) is 66.4 Å². The monoisotopic (exact) mass is 267 g/mol. The average molecular weight is 268 g/mol. The normalized spacial score (nSPS) is 14.9. The van der Waals surface area contributed by atoms with Gasteiger partial charge in [0.05, 0.1) is 16.3 Å². The number of nitrogens with one attached hydrogen (secondary N) is 1. The second-order valence-electron chi connectivity index (χ2n) is 4.55. The zero-order valence-electron chi connectivity index (χ0n) is 9.78. The number of hydrogen-bond acceptors (Lipinski definition) is 2. The second kappa shape index (κ2) is 5.40. The Morgan fingerprint density at radius 1 is 1.39 bits per heavy atom. The number of carboxylic acids is 1. The van der Waals surface area contributed by atoms with Crippen LogP contribution in [0.5, 0.6) is 0 Å². The Morgan fingerprint density at radius 3 is 2.61 bits per heavy atom. The van der Waals surface area contributed by atoms with Gasteiger partial charge in [0.25, 0.3) is 0 Å². The van der Waals surface area contributed by atoms with Crippen molar-refractivity contribution in [2.75, 3.05) is 5.32 Å². The molecule has 0 aromatic heterocycles. The van der Waals surface area contributed by atoms with E-state index in [1.54, 1.807) is 0 Å². The molecule has 1 fully saturated rings. The van der Waals surface area contributed by atoms with Crippen LogP contribution in [0.4, 0.5) is 5.69 Å². The standard InChI is InChI=1S/C13H14ClNO3/c14-10-7-9(13(17)18)4-5-11(10)15-12(16)6-8-2-1-3-8/h4-5,7-8H,1-3,6H2,(H,15,16)(H,17,18). The lowest BCUT2D eigenvalue weighted by Gasteiger charge is -2.24. The van der Waals surface area contributed by atoms with Gasteiger partial charge in [0, 0.05) is 6.42 Å². The summed E-state index contributed by atoms with van der Waals surface area (Å²) in [5.74, 6) is -0.615. The van der Waals surface area contributed by atoms with Crippen LogP contribution < -0.4 is 5.32 Å². The molecule has 18 heavy (non-hydrogen) atoms. The molecule has 0 aliphatic heterocycles. The van der Waals surface area contributed by atoms with Gasteiger partial charge in [-0.05, 0) is 37.0 Å². The number of aromatic carboxylic acids is 1. The van der Waals surface area contributed by atoms with Crippen LogP contribution in [0.3, 0.4) is 0 Å². The van der Waals surface area contributed by atoms with E-state index in [4.69, 9.17) is 16.7 Å². The number of carbonyl (C=O) groups excluding carboxylic acids is 1. The summed E-state index contributed by atoms with van der Waals surface area (Å²) in [4.78, 5) is 22.4. The van der Waals surface area contributed by atoms with E-state index < -0.39 is 5.97 Å². The first-order chi connectivity index (χ1) is 8.56. The van der Waals surface area contributed by atoms with Crippen molar-refractivity contribution in [3.05, 3.63) is 28.8 Å². The van der Waals surface area contributed by atoms with E-state index in [1.165, 1.54) is 24.6 Å². The summed E-state index contributed by atoms with van der Waals surface area (Å²) >= 11 is 5.92. The average Bonchev–Trinajstić information content (AvgIpc) is 2.26. The van der Waals surface area contributed by atoms with E-state index in [9.17, 15) is 9.59 Å². The summed E-state index contributed by atoms with van der Waals surface area (Å²) in [6.07, 6.45) is 3.93. The second-order valence-corrected chi connectivity index (χ2v) is 4.96. The van der Waals surface area contributed by atoms with E-state index >= 15 is 0 Å². The summed E-state index contributed by atoms with van der Waals surface area (Å²) < 4.78 is 0. The van der Waals surface area contributed by atoms with Gasteiger partial charge in [-0.3, -0.25) is 4.79 Å². The van der Waals surface area contributed by atoms with Crippen molar-refractivity contribution in [2.24, 2.45) is 5.92 Å². The molecule has 1 saturated carbocycles. The first kappa shape index (κ1) is 12.9. The molecule has 0 bridgehead atoms. The lowest BCUT2D eigenvalue weighted by molar-refractivity contribution is -0.117. The van der Waals surface area contributed by atoms with Crippen molar-refractivity contribution in [3.8, 4) is 0 Å². The molecule has 2 N–H and O–H groups in total. The van der Waals surface area contributed by atoms with Gasteiger partial charge >= 0.3 is 5.97 Å². The predicted octanol–water partition coefficient (Wildman–Crippen LogP) is 3.17. The van der Waals surface area contributed by atoms with Crippen LogP contribution in [-0.2, 0) is 4.79 Å². The van der Waals surface area contributed by atoms with Gasteiger partial charge in [-0.15, -0.1) is 0 Å². The van der Waals surface area contributed by atoms with Gasteiger partial charge in [-0.2, -0.15) is 0 Å². The highest BCUT2D eigenvalue weighted by atomic mass is 35.5. The number of anilines is 1. The van der Waals surface area contributed by atoms with Gasteiger partial charge < -0.3 is 10.4 Å². The van der Waals surface area contributed by atoms with Gasteiger partial charge in [0.2, 0.25) is 5.91 Å². The minimum atomic E-state index is -1.04. The third-order valence-electron chi connectivity index (χ3n) is 3.19. The van der Waals surface area contributed by atoms with E-state index in [0.717, 1.165) is 12.8 Å². The van der Waals surface area contributed by atoms with E-state index in [0.29, 0.717) is 18.0 Å². The van der Waals surface area contributed by atoms with Gasteiger partial charge in [-0.1, -0.05) is 18.0 Å². The molecule has 0 saturated heterocycles. The molecule has 5 heteroatoms. The molecular formula is C13H14ClNO3. The minimum Gasteiger partial charge on any atom is -0.478 e. The van der Waals surface area contributed by atoms with E-state index in [2.05, 4.69) is 5.32 Å². The van der Waals surface area contributed by atoms with Crippen molar-refractivity contribution >= 4 is 29.2 Å². The Labute approximate surface area is 110 Å². The Balaban J connectivity index is 2.00. The number of carbonyl (C=O) groups is 2. The maximum absolute atomic E-state index is 11.7. The molecule has 96 valence electrons. The maximum atomic E-state index is 11.7. The van der Waals surface area contributed by atoms with Crippen LogP contribution in [0, 0.1) is 5.92 Å². The maximum Gasteiger partial charge on any atom is 0.335 e. The fourth-order valence-electron chi connectivity index (χ4n) is 1.91. The summed E-state index contributed by atoms with van der Waals surface area (Å²) in [5, 5.41) is 11.8. The molecule has 1 aromatic carbocycles. The van der Waals surface area contributed by atoms with E-state index in [1.807, 2.05) is 0 Å². The van der Waals surface area contributed by atoms with Crippen molar-refractivity contribution in [1.29, 1.82) is 0 Å². The highest BCUT2D eigenvalue weighted by Crippen LogP contribution is 2.30. The molecule has 0 spiro atoms. The largest absolute Gasteiger partial charge is 0.478 e. The van der Waals surface area contributed by atoms with Crippen LogP contribution >= 0.6 is 11.6 Å². The fourth-order valence-corrected chi connectivity index (χ4v) is 2.14. The number of benzene rings is 1. The van der Waals surface area contributed by atoms with Gasteiger partial charge in [-0.25, -0.2) is 4.79 Å². The minimum absolute atomic E-state index is 0.0651. The summed E-state index contributed by atoms with van der Waals surface area (Å²) in [7, 11) is 0. The lowest BCUT2D eigenvalue weighted by Crippen LogP contribution is -2.21. The number of carboxylic acid groups (broad SMARTS) is 1. The quantitative estimate of drug-likeness (QED) is 0.880. The third-order valence-corrected chi connectivity index (χ3v) is 3.50. The van der Waals surface area contributed by atoms with Gasteiger partial charge in [0.15, 0.2) is 0 Å². The SMILES string of the molecule is O=C(CC1CCC1)Nc1ccc(C(=O)O)cc1Cl. The molecule has 4 nitrogen and oxygen atoms in total. The Hall–Kier alpha value is -1.55. The zero-order chi connectivity index (χ0) is 13.1. The Morgan fingerprint density at radius 2 is 2.11 bits per heavy atom. The van der Waals surface area contributed by atoms with Crippen molar-refractivity contribution in [3.63, 3.8) is 0 Å². The molecule has 1 amide bonds. The summed E-state index contributed by atoms with van der Waals surface area (Å²) in [6.45, 7) is 0. The molecule has 1 aliphatic rings. The summed E-state index contributed by atoms with van der Waals surface area (Å²) in [6, 6.07) is 4.28. The molecule has 0 heterocycles. The number of halogens is 1. The molecule has 2 rings (SSSR count). The van der Waals surface area contributed by atoms with Gasteiger partial charge in [0.1, 0.15) is 0 Å². The van der Waals surface area contributed by atoms with Crippen LogP contribution in [0.2, 0.25) is 5.02 Å². The molecule has 1 aliphatic carbocycles. The molecule has 0 atom stereocenters. The molecular weight excluding hydrogens is 254 g/mol. The summed E-state index contributed by atoms with van der Waals surface area (Å²) in [5.41, 5.74) is 0.572. The Kier molecular flexibility index (Phi) is 3.87. The number of rotatable bonds is 4. The van der Waals surface area contributed by atoms with Crippen LogP contribution in [0.15, 0.2) is 18.2 Å². The van der Waals surface area contributed by atoms with Crippen LogP contribution in [0.25, 0.3) is 0 Å². The van der Waals surface area contributed by atoms with Crippen molar-refractivity contribution < 1.29 is 14.7 Å². The third kappa shape index (κ3) is 3.01. The fraction of sp³-hybridized carbons (Fsp3) is 0.385. The molecule has 0 unspecified atom stereocenters. The Bertz CT molecular complexity index is 483. The number of hydrogen-bond donors (Lipinski definition) is 2. The predicted molar refractivity (Wildman–Crippen MR) is 69.0 cm³/mol. The van der Waals surface area contributed by atoms with Crippen molar-refractivity contribution in [1.82, 2.24) is 0 Å². The first-order valence-corrected chi connectivity index (χ1v) is 6.27. The zero-order valence-corrected chi connectivity index (χ0v) is 10.5.